The summed E-state index contributed by atoms with van der Waals surface area (Å²) in [5.41, 5.74) is 2.41. The Morgan fingerprint density at radius 1 is 0.562 bits per heavy atom. The van der Waals surface area contributed by atoms with Gasteiger partial charge in [0, 0.05) is 10.5 Å². The third-order valence-corrected chi connectivity index (χ3v) is 4.01. The van der Waals surface area contributed by atoms with Crippen molar-refractivity contribution in [1.82, 2.24) is 0 Å². The van der Waals surface area contributed by atoms with Crippen molar-refractivity contribution < 1.29 is 0 Å². The molecule has 0 heterocycles. The van der Waals surface area contributed by atoms with Crippen LogP contribution in [0.15, 0.2) is 60.7 Å². The second-order valence-electron chi connectivity index (χ2n) is 3.71. The average Bonchev–Trinajstić information content (AvgIpc) is 2.39. The molecular formula is C14H14S2. The van der Waals surface area contributed by atoms with Gasteiger partial charge in [0.2, 0.25) is 0 Å². The van der Waals surface area contributed by atoms with Crippen LogP contribution in [0.4, 0.5) is 0 Å². The molecule has 0 unspecified atom stereocenters. The highest BCUT2D eigenvalue weighted by atomic mass is 32.1. The Hall–Kier alpha value is -0.860. The summed E-state index contributed by atoms with van der Waals surface area (Å²) in [5.74, 6) is 0. The predicted molar refractivity (Wildman–Crippen MR) is 76.3 cm³/mol. The van der Waals surface area contributed by atoms with Gasteiger partial charge in [0.05, 0.1) is 0 Å². The van der Waals surface area contributed by atoms with E-state index in [1.807, 2.05) is 36.4 Å². The fourth-order valence-corrected chi connectivity index (χ4v) is 2.35. The Morgan fingerprint density at radius 2 is 0.875 bits per heavy atom. The van der Waals surface area contributed by atoms with Crippen molar-refractivity contribution in [2.24, 2.45) is 0 Å². The van der Waals surface area contributed by atoms with Gasteiger partial charge in [-0.2, -0.15) is 25.3 Å². The molecule has 0 bridgehead atoms. The third kappa shape index (κ3) is 2.63. The maximum absolute atomic E-state index is 4.65. The topological polar surface area (TPSA) is 0 Å². The van der Waals surface area contributed by atoms with Crippen LogP contribution in [-0.4, -0.2) is 0 Å². The highest BCUT2D eigenvalue weighted by Crippen LogP contribution is 2.38. The first-order valence-electron chi connectivity index (χ1n) is 5.25. The SMILES string of the molecule is S[C@H](c1ccccc1)[C@@H](S)c1ccccc1. The van der Waals surface area contributed by atoms with E-state index in [0.29, 0.717) is 0 Å². The molecular weight excluding hydrogens is 232 g/mol. The van der Waals surface area contributed by atoms with E-state index in [1.165, 1.54) is 11.1 Å². The van der Waals surface area contributed by atoms with E-state index < -0.39 is 0 Å². The van der Waals surface area contributed by atoms with Crippen molar-refractivity contribution in [3.8, 4) is 0 Å². The van der Waals surface area contributed by atoms with E-state index in [0.717, 1.165) is 0 Å². The van der Waals surface area contributed by atoms with Gasteiger partial charge in [-0.05, 0) is 11.1 Å². The van der Waals surface area contributed by atoms with Gasteiger partial charge in [0.25, 0.3) is 0 Å². The van der Waals surface area contributed by atoms with E-state index in [4.69, 9.17) is 0 Å². The van der Waals surface area contributed by atoms with E-state index in [2.05, 4.69) is 49.5 Å². The maximum atomic E-state index is 4.65. The standard InChI is InChI=1S/C14H14S2/c15-13(11-7-3-1-4-8-11)14(16)12-9-5-2-6-10-12/h1-10,13-16H/t13-,14+. The number of rotatable bonds is 3. The average molecular weight is 246 g/mol. The van der Waals surface area contributed by atoms with Gasteiger partial charge >= 0.3 is 0 Å². The van der Waals surface area contributed by atoms with Crippen LogP contribution >= 0.6 is 25.3 Å². The molecule has 82 valence electrons. The molecule has 2 rings (SSSR count). The summed E-state index contributed by atoms with van der Waals surface area (Å²) < 4.78 is 0. The molecule has 2 atom stereocenters. The Kier molecular flexibility index (Phi) is 3.97. The van der Waals surface area contributed by atoms with Crippen molar-refractivity contribution in [2.75, 3.05) is 0 Å². The van der Waals surface area contributed by atoms with E-state index in [1.54, 1.807) is 0 Å². The molecule has 0 saturated carbocycles. The quantitative estimate of drug-likeness (QED) is 0.740. The lowest BCUT2D eigenvalue weighted by atomic mass is 10.0. The largest absolute Gasteiger partial charge is 0.170 e. The van der Waals surface area contributed by atoms with Crippen LogP contribution in [-0.2, 0) is 0 Å². The number of benzene rings is 2. The lowest BCUT2D eigenvalue weighted by Gasteiger charge is -2.19. The molecule has 0 aliphatic rings. The maximum Gasteiger partial charge on any atom is 0.0424 e. The van der Waals surface area contributed by atoms with Gasteiger partial charge in [-0.3, -0.25) is 0 Å². The van der Waals surface area contributed by atoms with Gasteiger partial charge < -0.3 is 0 Å². The second kappa shape index (κ2) is 5.46. The molecule has 0 amide bonds. The minimum Gasteiger partial charge on any atom is -0.170 e. The predicted octanol–water partition coefficient (Wildman–Crippen LogP) is 4.33. The van der Waals surface area contributed by atoms with Crippen LogP contribution < -0.4 is 0 Å². The lowest BCUT2D eigenvalue weighted by Crippen LogP contribution is -1.99. The first-order valence-corrected chi connectivity index (χ1v) is 6.28. The molecule has 2 heteroatoms. The van der Waals surface area contributed by atoms with Crippen LogP contribution in [0.1, 0.15) is 21.6 Å². The van der Waals surface area contributed by atoms with Crippen molar-refractivity contribution in [1.29, 1.82) is 0 Å². The van der Waals surface area contributed by atoms with Crippen molar-refractivity contribution >= 4 is 25.3 Å². The third-order valence-electron chi connectivity index (χ3n) is 2.58. The van der Waals surface area contributed by atoms with Crippen LogP contribution in [0.5, 0.6) is 0 Å². The van der Waals surface area contributed by atoms with Crippen LogP contribution in [0.3, 0.4) is 0 Å². The molecule has 0 nitrogen and oxygen atoms in total. The number of hydrogen-bond donors (Lipinski definition) is 2. The summed E-state index contributed by atoms with van der Waals surface area (Å²) in [7, 11) is 0. The Balaban J connectivity index is 2.20. The van der Waals surface area contributed by atoms with Crippen LogP contribution in [0.25, 0.3) is 0 Å². The summed E-state index contributed by atoms with van der Waals surface area (Å²) in [6, 6.07) is 20.5. The van der Waals surface area contributed by atoms with Gasteiger partial charge in [-0.1, -0.05) is 60.7 Å². The molecule has 16 heavy (non-hydrogen) atoms. The molecule has 0 aliphatic carbocycles. The summed E-state index contributed by atoms with van der Waals surface area (Å²) in [5, 5.41) is 0.235. The fourth-order valence-electron chi connectivity index (χ4n) is 1.67. The molecule has 0 radical (unpaired) electrons. The molecule has 0 saturated heterocycles. The Morgan fingerprint density at radius 3 is 1.19 bits per heavy atom. The second-order valence-corrected chi connectivity index (χ2v) is 4.82. The van der Waals surface area contributed by atoms with Crippen molar-refractivity contribution in [3.05, 3.63) is 71.8 Å². The van der Waals surface area contributed by atoms with Crippen molar-refractivity contribution in [3.63, 3.8) is 0 Å². The van der Waals surface area contributed by atoms with E-state index in [-0.39, 0.29) is 10.5 Å². The Labute approximate surface area is 108 Å². The fraction of sp³-hybridized carbons (Fsp3) is 0.143. The zero-order chi connectivity index (χ0) is 11.4. The summed E-state index contributed by atoms with van der Waals surface area (Å²) >= 11 is 9.30. The molecule has 2 aromatic carbocycles. The zero-order valence-electron chi connectivity index (χ0n) is 8.82. The molecule has 2 aromatic rings. The minimum absolute atomic E-state index is 0.118. The summed E-state index contributed by atoms with van der Waals surface area (Å²) in [6.45, 7) is 0. The van der Waals surface area contributed by atoms with Crippen LogP contribution in [0, 0.1) is 0 Å². The number of thiol groups is 2. The zero-order valence-corrected chi connectivity index (χ0v) is 10.6. The lowest BCUT2D eigenvalue weighted by molar-refractivity contribution is 0.920. The highest BCUT2D eigenvalue weighted by Gasteiger charge is 2.17. The normalized spacial score (nSPS) is 14.4. The molecule has 0 N–H and O–H groups in total. The molecule has 0 aliphatic heterocycles. The summed E-state index contributed by atoms with van der Waals surface area (Å²) in [4.78, 5) is 0. The molecule has 0 fully saturated rings. The van der Waals surface area contributed by atoms with Gasteiger partial charge in [-0.15, -0.1) is 0 Å². The van der Waals surface area contributed by atoms with Crippen molar-refractivity contribution in [2.45, 2.75) is 10.5 Å². The Bertz CT molecular complexity index is 382. The first kappa shape index (κ1) is 11.6. The smallest absolute Gasteiger partial charge is 0.0424 e. The first-order chi connectivity index (χ1) is 7.79. The number of hydrogen-bond acceptors (Lipinski definition) is 2. The van der Waals surface area contributed by atoms with E-state index in [9.17, 15) is 0 Å². The van der Waals surface area contributed by atoms with Gasteiger partial charge in [0.15, 0.2) is 0 Å². The molecule has 0 aromatic heterocycles. The summed E-state index contributed by atoms with van der Waals surface area (Å²) in [6.07, 6.45) is 0. The van der Waals surface area contributed by atoms with Gasteiger partial charge in [0.1, 0.15) is 0 Å². The van der Waals surface area contributed by atoms with E-state index >= 15 is 0 Å². The van der Waals surface area contributed by atoms with Crippen LogP contribution in [0.2, 0.25) is 0 Å². The minimum atomic E-state index is 0.118. The monoisotopic (exact) mass is 246 g/mol. The highest BCUT2D eigenvalue weighted by molar-refractivity contribution is 7.84. The molecule has 0 spiro atoms. The van der Waals surface area contributed by atoms with Gasteiger partial charge in [-0.25, -0.2) is 0 Å².